The third-order valence-corrected chi connectivity index (χ3v) is 3.71. The molecule has 2 nitrogen and oxygen atoms in total. The molecule has 0 radical (unpaired) electrons. The Morgan fingerprint density at radius 1 is 1.50 bits per heavy atom. The van der Waals surface area contributed by atoms with Crippen LogP contribution in [0, 0.1) is 11.7 Å². The summed E-state index contributed by atoms with van der Waals surface area (Å²) in [7, 11) is 0. The lowest BCUT2D eigenvalue weighted by molar-refractivity contribution is 0.286. The molecule has 0 aliphatic heterocycles. The summed E-state index contributed by atoms with van der Waals surface area (Å²) in [6.45, 7) is 0.606. The summed E-state index contributed by atoms with van der Waals surface area (Å²) in [5.41, 5.74) is 0.589. The number of rotatable bonds is 3. The molecule has 5 heteroatoms. The smallest absolute Gasteiger partial charge is 0.184 e. The van der Waals surface area contributed by atoms with Crippen LogP contribution in [0.25, 0.3) is 10.2 Å². The fourth-order valence-electron chi connectivity index (χ4n) is 1.50. The van der Waals surface area contributed by atoms with Crippen LogP contribution in [-0.2, 0) is 0 Å². The first-order chi connectivity index (χ1) is 7.72. The maximum atomic E-state index is 13.6. The maximum Gasteiger partial charge on any atom is 0.184 e. The topological polar surface area (TPSA) is 22.1 Å². The van der Waals surface area contributed by atoms with Crippen molar-refractivity contribution in [3.63, 3.8) is 0 Å². The molecule has 1 aromatic carbocycles. The van der Waals surface area contributed by atoms with Crippen molar-refractivity contribution < 1.29 is 9.13 Å². The van der Waals surface area contributed by atoms with Crippen LogP contribution in [0.1, 0.15) is 12.8 Å². The summed E-state index contributed by atoms with van der Waals surface area (Å²) < 4.78 is 20.3. The molecule has 0 spiro atoms. The highest BCUT2D eigenvalue weighted by Crippen LogP contribution is 2.33. The van der Waals surface area contributed by atoms with Gasteiger partial charge in [0.05, 0.1) is 16.8 Å². The highest BCUT2D eigenvalue weighted by molar-refractivity contribution is 7.22. The Labute approximate surface area is 101 Å². The second kappa shape index (κ2) is 3.86. The van der Waals surface area contributed by atoms with E-state index in [1.54, 1.807) is 6.07 Å². The Kier molecular flexibility index (Phi) is 2.48. The molecule has 84 valence electrons. The number of halogens is 2. The first-order valence-electron chi connectivity index (χ1n) is 5.11. The van der Waals surface area contributed by atoms with Crippen LogP contribution in [0.4, 0.5) is 4.39 Å². The van der Waals surface area contributed by atoms with Crippen LogP contribution in [0.3, 0.4) is 0 Å². The Morgan fingerprint density at radius 2 is 2.31 bits per heavy atom. The van der Waals surface area contributed by atoms with Crippen LogP contribution < -0.4 is 4.74 Å². The van der Waals surface area contributed by atoms with Gasteiger partial charge in [-0.15, -0.1) is 11.3 Å². The van der Waals surface area contributed by atoms with Gasteiger partial charge in [0, 0.05) is 12.1 Å². The van der Waals surface area contributed by atoms with Crippen molar-refractivity contribution in [1.29, 1.82) is 0 Å². The Hall–Kier alpha value is -0.870. The number of hydrogen-bond acceptors (Lipinski definition) is 3. The van der Waals surface area contributed by atoms with Gasteiger partial charge in [0.25, 0.3) is 0 Å². The molecule has 0 atom stereocenters. The molecule has 0 bridgehead atoms. The van der Waals surface area contributed by atoms with E-state index < -0.39 is 0 Å². The molecule has 0 saturated heterocycles. The second-order valence-electron chi connectivity index (χ2n) is 3.97. The molecule has 2 aromatic rings. The lowest BCUT2D eigenvalue weighted by Gasteiger charge is -2.05. The zero-order valence-electron chi connectivity index (χ0n) is 8.37. The largest absolute Gasteiger partial charge is 0.490 e. The quantitative estimate of drug-likeness (QED) is 0.833. The average molecular weight is 258 g/mol. The van der Waals surface area contributed by atoms with E-state index in [-0.39, 0.29) is 5.82 Å². The number of hydrogen-bond donors (Lipinski definition) is 0. The van der Waals surface area contributed by atoms with Crippen LogP contribution in [0.5, 0.6) is 5.75 Å². The van der Waals surface area contributed by atoms with Gasteiger partial charge in [-0.1, -0.05) is 11.6 Å². The lowest BCUT2D eigenvalue weighted by Crippen LogP contribution is -2.00. The third-order valence-electron chi connectivity index (χ3n) is 2.59. The SMILES string of the molecule is Fc1cc2nc(Cl)sc2cc1OCC1CC1. The predicted molar refractivity (Wildman–Crippen MR) is 62.8 cm³/mol. The minimum Gasteiger partial charge on any atom is -0.490 e. The van der Waals surface area contributed by atoms with Crippen LogP contribution >= 0.6 is 22.9 Å². The zero-order chi connectivity index (χ0) is 11.1. The van der Waals surface area contributed by atoms with Gasteiger partial charge >= 0.3 is 0 Å². The van der Waals surface area contributed by atoms with Crippen LogP contribution in [0.15, 0.2) is 12.1 Å². The van der Waals surface area contributed by atoms with Crippen LogP contribution in [0.2, 0.25) is 4.47 Å². The third kappa shape index (κ3) is 1.99. The monoisotopic (exact) mass is 257 g/mol. The molecule has 1 fully saturated rings. The van der Waals surface area contributed by atoms with E-state index in [4.69, 9.17) is 16.3 Å². The number of nitrogens with zero attached hydrogens (tertiary/aromatic N) is 1. The van der Waals surface area contributed by atoms with E-state index in [1.807, 2.05) is 0 Å². The van der Waals surface area contributed by atoms with E-state index >= 15 is 0 Å². The molecule has 1 aromatic heterocycles. The molecule has 16 heavy (non-hydrogen) atoms. The number of aromatic nitrogens is 1. The van der Waals surface area contributed by atoms with Crippen LogP contribution in [-0.4, -0.2) is 11.6 Å². The molecule has 1 heterocycles. The number of benzene rings is 1. The summed E-state index contributed by atoms with van der Waals surface area (Å²) in [5, 5.41) is 0. The molecular weight excluding hydrogens is 249 g/mol. The minimum atomic E-state index is -0.366. The average Bonchev–Trinajstić information content (AvgIpc) is 2.98. The molecule has 3 rings (SSSR count). The normalized spacial score (nSPS) is 15.6. The molecule has 1 aliphatic carbocycles. The van der Waals surface area contributed by atoms with E-state index in [2.05, 4.69) is 4.98 Å². The fourth-order valence-corrected chi connectivity index (χ4v) is 2.55. The zero-order valence-corrected chi connectivity index (χ0v) is 9.95. The lowest BCUT2D eigenvalue weighted by atomic mass is 10.3. The first-order valence-corrected chi connectivity index (χ1v) is 6.30. The van der Waals surface area contributed by atoms with Crippen molar-refractivity contribution in [1.82, 2.24) is 4.98 Å². The minimum absolute atomic E-state index is 0.305. The van der Waals surface area contributed by atoms with E-state index in [1.165, 1.54) is 30.2 Å². The van der Waals surface area contributed by atoms with Gasteiger partial charge in [0.2, 0.25) is 0 Å². The molecule has 1 aliphatic rings. The van der Waals surface area contributed by atoms with Gasteiger partial charge < -0.3 is 4.74 Å². The maximum absolute atomic E-state index is 13.6. The second-order valence-corrected chi connectivity index (χ2v) is 5.58. The predicted octanol–water partition coefficient (Wildman–Crippen LogP) is 3.88. The first kappa shape index (κ1) is 10.3. The Bertz CT molecular complexity index is 538. The summed E-state index contributed by atoms with van der Waals surface area (Å²) in [4.78, 5) is 4.01. The molecular formula is C11H9ClFNOS. The van der Waals surface area contributed by atoms with Gasteiger partial charge in [0.1, 0.15) is 0 Å². The number of fused-ring (bicyclic) bond motifs is 1. The summed E-state index contributed by atoms with van der Waals surface area (Å²) >= 11 is 7.10. The van der Waals surface area contributed by atoms with Gasteiger partial charge in [-0.25, -0.2) is 9.37 Å². The number of thiazole rings is 1. The van der Waals surface area contributed by atoms with Crippen molar-refractivity contribution in [2.24, 2.45) is 5.92 Å². The standard InChI is InChI=1S/C11H9ClFNOS/c12-11-14-8-3-7(13)9(4-10(8)16-11)15-5-6-1-2-6/h3-4,6H,1-2,5H2. The Balaban J connectivity index is 1.92. The van der Waals surface area contributed by atoms with E-state index in [0.717, 1.165) is 4.70 Å². The molecule has 0 N–H and O–H groups in total. The molecule has 1 saturated carbocycles. The van der Waals surface area contributed by atoms with Gasteiger partial charge in [0.15, 0.2) is 16.0 Å². The van der Waals surface area contributed by atoms with E-state index in [9.17, 15) is 4.39 Å². The highest BCUT2D eigenvalue weighted by Gasteiger charge is 2.22. The van der Waals surface area contributed by atoms with Gasteiger partial charge in [-0.3, -0.25) is 0 Å². The fraction of sp³-hybridized carbons (Fsp3) is 0.364. The van der Waals surface area contributed by atoms with E-state index in [0.29, 0.717) is 28.3 Å². The van der Waals surface area contributed by atoms with Crippen molar-refractivity contribution in [3.05, 3.63) is 22.4 Å². The summed E-state index contributed by atoms with van der Waals surface area (Å²) in [5.74, 6) is 0.551. The summed E-state index contributed by atoms with van der Waals surface area (Å²) in [6, 6.07) is 3.05. The molecule has 0 unspecified atom stereocenters. The highest BCUT2D eigenvalue weighted by atomic mass is 35.5. The van der Waals surface area contributed by atoms with Gasteiger partial charge in [-0.05, 0) is 18.8 Å². The van der Waals surface area contributed by atoms with Crippen molar-refractivity contribution in [3.8, 4) is 5.75 Å². The van der Waals surface area contributed by atoms with Gasteiger partial charge in [-0.2, -0.15) is 0 Å². The molecule has 0 amide bonds. The summed E-state index contributed by atoms with van der Waals surface area (Å²) in [6.07, 6.45) is 2.38. The van der Waals surface area contributed by atoms with Crippen molar-refractivity contribution in [2.45, 2.75) is 12.8 Å². The van der Waals surface area contributed by atoms with Crippen molar-refractivity contribution in [2.75, 3.05) is 6.61 Å². The number of ether oxygens (including phenoxy) is 1. The Morgan fingerprint density at radius 3 is 3.06 bits per heavy atom. The van der Waals surface area contributed by atoms with Crippen molar-refractivity contribution >= 4 is 33.2 Å².